The first kappa shape index (κ1) is 12.8. The number of benzene rings is 2. The first-order valence-electron chi connectivity index (χ1n) is 5.35. The van der Waals surface area contributed by atoms with E-state index in [0.29, 0.717) is 32.7 Å². The van der Waals surface area contributed by atoms with E-state index in [4.69, 9.17) is 33.4 Å². The Bertz CT molecular complexity index is 786. The number of nitrogen functional groups attached to an aromatic ring is 1. The summed E-state index contributed by atoms with van der Waals surface area (Å²) < 4.78 is 6.53. The van der Waals surface area contributed by atoms with Gasteiger partial charge in [-0.2, -0.15) is 0 Å². The highest BCUT2D eigenvalue weighted by atomic mass is 79.9. The minimum atomic E-state index is 0.454. The van der Waals surface area contributed by atoms with Crippen molar-refractivity contribution in [1.82, 2.24) is 4.98 Å². The molecule has 0 spiro atoms. The van der Waals surface area contributed by atoms with Crippen LogP contribution >= 0.6 is 39.1 Å². The van der Waals surface area contributed by atoms with Crippen LogP contribution < -0.4 is 5.73 Å². The molecule has 2 N–H and O–H groups in total. The van der Waals surface area contributed by atoms with Crippen LogP contribution in [0, 0.1) is 0 Å². The molecule has 0 fully saturated rings. The molecule has 2 aromatic carbocycles. The summed E-state index contributed by atoms with van der Waals surface area (Å²) in [5.41, 5.74) is 8.42. The number of hydrogen-bond donors (Lipinski definition) is 1. The van der Waals surface area contributed by atoms with Crippen molar-refractivity contribution in [3.05, 3.63) is 44.8 Å². The van der Waals surface area contributed by atoms with E-state index in [1.165, 1.54) is 0 Å². The summed E-state index contributed by atoms with van der Waals surface area (Å²) in [6.45, 7) is 0. The van der Waals surface area contributed by atoms with Gasteiger partial charge in [-0.1, -0.05) is 39.1 Å². The quantitative estimate of drug-likeness (QED) is 0.613. The molecular weight excluding hydrogens is 351 g/mol. The molecule has 0 unspecified atom stereocenters. The van der Waals surface area contributed by atoms with Crippen LogP contribution in [0.3, 0.4) is 0 Å². The fourth-order valence-electron chi connectivity index (χ4n) is 1.78. The van der Waals surface area contributed by atoms with Crippen molar-refractivity contribution < 1.29 is 4.42 Å². The van der Waals surface area contributed by atoms with Crippen LogP contribution in [-0.4, -0.2) is 4.98 Å². The van der Waals surface area contributed by atoms with E-state index in [0.717, 1.165) is 10.0 Å². The number of hydrogen-bond acceptors (Lipinski definition) is 3. The molecule has 0 atom stereocenters. The van der Waals surface area contributed by atoms with E-state index in [1.807, 2.05) is 6.07 Å². The van der Waals surface area contributed by atoms with Gasteiger partial charge in [-0.3, -0.25) is 0 Å². The fourth-order valence-corrected chi connectivity index (χ4v) is 2.54. The van der Waals surface area contributed by atoms with Gasteiger partial charge < -0.3 is 10.2 Å². The highest BCUT2D eigenvalue weighted by Gasteiger charge is 2.12. The second-order valence-corrected chi connectivity index (χ2v) is 5.72. The molecule has 0 aliphatic heterocycles. The van der Waals surface area contributed by atoms with E-state index < -0.39 is 0 Å². The number of rotatable bonds is 1. The van der Waals surface area contributed by atoms with Crippen LogP contribution in [0.25, 0.3) is 22.6 Å². The lowest BCUT2D eigenvalue weighted by Crippen LogP contribution is -1.84. The van der Waals surface area contributed by atoms with Crippen LogP contribution in [0.5, 0.6) is 0 Å². The predicted octanol–water partition coefficient (Wildman–Crippen LogP) is 5.15. The second-order valence-electron chi connectivity index (χ2n) is 3.99. The predicted molar refractivity (Wildman–Crippen MR) is 81.6 cm³/mol. The molecule has 0 amide bonds. The second kappa shape index (κ2) is 4.71. The molecule has 0 aliphatic rings. The average Bonchev–Trinajstić information content (AvgIpc) is 2.76. The minimum absolute atomic E-state index is 0.454. The largest absolute Gasteiger partial charge is 0.434 e. The third kappa shape index (κ3) is 2.31. The van der Waals surface area contributed by atoms with Gasteiger partial charge in [0, 0.05) is 10.0 Å². The minimum Gasteiger partial charge on any atom is -0.434 e. The van der Waals surface area contributed by atoms with Gasteiger partial charge in [-0.05, 0) is 30.3 Å². The van der Waals surface area contributed by atoms with Crippen LogP contribution in [-0.2, 0) is 0 Å². The van der Waals surface area contributed by atoms with E-state index in [-0.39, 0.29) is 0 Å². The van der Waals surface area contributed by atoms with E-state index >= 15 is 0 Å². The number of fused-ring (bicyclic) bond motifs is 1. The molecule has 0 bridgehead atoms. The lowest BCUT2D eigenvalue weighted by atomic mass is 10.2. The molecular formula is C13H7BrCl2N2O. The first-order valence-corrected chi connectivity index (χ1v) is 6.90. The molecule has 96 valence electrons. The van der Waals surface area contributed by atoms with Crippen LogP contribution in [0.15, 0.2) is 39.2 Å². The molecule has 3 rings (SSSR count). The zero-order valence-corrected chi connectivity index (χ0v) is 12.6. The summed E-state index contributed by atoms with van der Waals surface area (Å²) in [6.07, 6.45) is 0. The van der Waals surface area contributed by atoms with Crippen molar-refractivity contribution in [3.8, 4) is 11.5 Å². The summed E-state index contributed by atoms with van der Waals surface area (Å²) in [4.78, 5) is 4.40. The molecule has 19 heavy (non-hydrogen) atoms. The smallest absolute Gasteiger partial charge is 0.227 e. The van der Waals surface area contributed by atoms with Gasteiger partial charge >= 0.3 is 0 Å². The van der Waals surface area contributed by atoms with E-state index in [2.05, 4.69) is 20.9 Å². The zero-order chi connectivity index (χ0) is 13.6. The Kier molecular flexibility index (Phi) is 3.17. The molecule has 0 aliphatic carbocycles. The zero-order valence-electron chi connectivity index (χ0n) is 9.45. The number of nitrogens with zero attached hydrogens (tertiary/aromatic N) is 1. The van der Waals surface area contributed by atoms with Gasteiger partial charge in [0.05, 0.1) is 15.7 Å². The van der Waals surface area contributed by atoms with Gasteiger partial charge in [0.1, 0.15) is 5.52 Å². The Labute approximate surface area is 127 Å². The van der Waals surface area contributed by atoms with Crippen molar-refractivity contribution in [1.29, 1.82) is 0 Å². The summed E-state index contributed by atoms with van der Waals surface area (Å²) in [7, 11) is 0. The molecule has 1 heterocycles. The Morgan fingerprint density at radius 3 is 2.63 bits per heavy atom. The fraction of sp³-hybridized carbons (Fsp3) is 0. The molecule has 0 radical (unpaired) electrons. The van der Waals surface area contributed by atoms with Gasteiger partial charge in [0.15, 0.2) is 5.58 Å². The van der Waals surface area contributed by atoms with E-state index in [1.54, 1.807) is 24.3 Å². The summed E-state index contributed by atoms with van der Waals surface area (Å²) >= 11 is 15.2. The highest BCUT2D eigenvalue weighted by Crippen LogP contribution is 2.33. The molecule has 3 nitrogen and oxygen atoms in total. The van der Waals surface area contributed by atoms with Crippen molar-refractivity contribution in [2.45, 2.75) is 0 Å². The van der Waals surface area contributed by atoms with Gasteiger partial charge in [0.2, 0.25) is 5.89 Å². The molecule has 0 saturated carbocycles. The normalized spacial score (nSPS) is 11.1. The molecule has 1 aromatic heterocycles. The maximum absolute atomic E-state index is 5.99. The Morgan fingerprint density at radius 1 is 1.11 bits per heavy atom. The third-order valence-electron chi connectivity index (χ3n) is 2.65. The van der Waals surface area contributed by atoms with Crippen molar-refractivity contribution in [2.75, 3.05) is 5.73 Å². The standard InChI is InChI=1S/C13H7BrCl2N2O/c14-7-4-10(17)12-11(5-7)18-13(19-12)6-1-2-8(15)9(16)3-6/h1-5H,17H2. The molecule has 0 saturated heterocycles. The number of anilines is 1. The van der Waals surface area contributed by atoms with Gasteiger partial charge in [-0.15, -0.1) is 0 Å². The van der Waals surface area contributed by atoms with Crippen molar-refractivity contribution in [3.63, 3.8) is 0 Å². The van der Waals surface area contributed by atoms with Crippen LogP contribution in [0.1, 0.15) is 0 Å². The summed E-state index contributed by atoms with van der Waals surface area (Å²) in [5.74, 6) is 0.457. The van der Waals surface area contributed by atoms with Crippen LogP contribution in [0.2, 0.25) is 10.0 Å². The topological polar surface area (TPSA) is 52.0 Å². The Balaban J connectivity index is 2.20. The van der Waals surface area contributed by atoms with Crippen molar-refractivity contribution >= 4 is 55.9 Å². The maximum Gasteiger partial charge on any atom is 0.227 e. The van der Waals surface area contributed by atoms with Crippen LogP contribution in [0.4, 0.5) is 5.69 Å². The Morgan fingerprint density at radius 2 is 1.89 bits per heavy atom. The number of halogens is 3. The SMILES string of the molecule is Nc1cc(Br)cc2nc(-c3ccc(Cl)c(Cl)c3)oc12. The maximum atomic E-state index is 5.99. The van der Waals surface area contributed by atoms with Gasteiger partial charge in [0.25, 0.3) is 0 Å². The third-order valence-corrected chi connectivity index (χ3v) is 3.85. The summed E-state index contributed by atoms with van der Waals surface area (Å²) in [5, 5.41) is 0.944. The van der Waals surface area contributed by atoms with Crippen molar-refractivity contribution in [2.24, 2.45) is 0 Å². The Hall–Kier alpha value is -1.23. The number of aromatic nitrogens is 1. The van der Waals surface area contributed by atoms with Gasteiger partial charge in [-0.25, -0.2) is 4.98 Å². The lowest BCUT2D eigenvalue weighted by molar-refractivity contribution is 0.621. The van der Waals surface area contributed by atoms with E-state index in [9.17, 15) is 0 Å². The molecule has 3 aromatic rings. The average molecular weight is 358 g/mol. The summed E-state index contributed by atoms with van der Waals surface area (Å²) in [6, 6.07) is 8.82. The monoisotopic (exact) mass is 356 g/mol. The highest BCUT2D eigenvalue weighted by molar-refractivity contribution is 9.10. The lowest BCUT2D eigenvalue weighted by Gasteiger charge is -1.98. The first-order chi connectivity index (χ1) is 9.04. The number of oxazole rings is 1. The molecule has 6 heteroatoms. The number of nitrogens with two attached hydrogens (primary N) is 1.